The number of hydrogen-bond acceptors (Lipinski definition) is 4. The van der Waals surface area contributed by atoms with Gasteiger partial charge in [0.05, 0.1) is 12.1 Å². The summed E-state index contributed by atoms with van der Waals surface area (Å²) in [7, 11) is 0. The highest BCUT2D eigenvalue weighted by atomic mass is 16.5. The lowest BCUT2D eigenvalue weighted by Gasteiger charge is -2.57. The molecule has 0 saturated heterocycles. The Kier molecular flexibility index (Phi) is 4.39. The third-order valence-corrected chi connectivity index (χ3v) is 4.80. The molecule has 21 heavy (non-hydrogen) atoms. The summed E-state index contributed by atoms with van der Waals surface area (Å²) in [6.07, 6.45) is 4.77. The van der Waals surface area contributed by atoms with Gasteiger partial charge in [-0.3, -0.25) is 4.79 Å². The summed E-state index contributed by atoms with van der Waals surface area (Å²) < 4.78 is 5.66. The molecule has 118 valence electrons. The molecule has 1 aliphatic rings. The van der Waals surface area contributed by atoms with Gasteiger partial charge in [-0.2, -0.15) is 0 Å². The van der Waals surface area contributed by atoms with Gasteiger partial charge in [0.2, 0.25) is 5.91 Å². The molecule has 1 fully saturated rings. The van der Waals surface area contributed by atoms with Crippen molar-refractivity contribution in [2.45, 2.75) is 58.2 Å². The Balaban J connectivity index is 2.06. The van der Waals surface area contributed by atoms with Gasteiger partial charge in [-0.1, -0.05) is 20.8 Å². The number of ether oxygens (including phenoxy) is 1. The van der Waals surface area contributed by atoms with Gasteiger partial charge in [0.25, 0.3) is 0 Å². The first kappa shape index (κ1) is 16.0. The number of carbonyl (C=O) groups is 1. The largest absolute Gasteiger partial charge is 0.378 e. The van der Waals surface area contributed by atoms with E-state index in [1.807, 2.05) is 27.7 Å². The average Bonchev–Trinajstić information content (AvgIpc) is 2.97. The molecular formula is C15H26N4O2. The molecule has 1 aromatic rings. The van der Waals surface area contributed by atoms with Crippen molar-refractivity contribution in [3.63, 3.8) is 0 Å². The maximum absolute atomic E-state index is 12.6. The molecule has 3 atom stereocenters. The van der Waals surface area contributed by atoms with E-state index < -0.39 is 5.54 Å². The topological polar surface area (TPSA) is 93.0 Å². The van der Waals surface area contributed by atoms with Gasteiger partial charge >= 0.3 is 0 Å². The summed E-state index contributed by atoms with van der Waals surface area (Å²) in [5.74, 6) is 0.625. The molecule has 0 spiro atoms. The molecule has 6 heteroatoms. The zero-order valence-electron chi connectivity index (χ0n) is 13.3. The van der Waals surface area contributed by atoms with Gasteiger partial charge in [0.1, 0.15) is 11.4 Å². The molecule has 3 unspecified atom stereocenters. The maximum atomic E-state index is 12.6. The molecule has 0 radical (unpaired) electrons. The molecular weight excluding hydrogens is 268 g/mol. The smallest absolute Gasteiger partial charge is 0.241 e. The van der Waals surface area contributed by atoms with Crippen molar-refractivity contribution in [2.24, 2.45) is 11.1 Å². The van der Waals surface area contributed by atoms with E-state index in [2.05, 4.69) is 15.3 Å². The summed E-state index contributed by atoms with van der Waals surface area (Å²) in [6, 6.07) is -0.144. The van der Waals surface area contributed by atoms with Crippen LogP contribution in [0.25, 0.3) is 0 Å². The molecule has 1 aromatic heterocycles. The highest BCUT2D eigenvalue weighted by Crippen LogP contribution is 2.50. The van der Waals surface area contributed by atoms with Gasteiger partial charge in [0.15, 0.2) is 0 Å². The molecule has 2 rings (SSSR count). The van der Waals surface area contributed by atoms with Crippen molar-refractivity contribution < 1.29 is 9.53 Å². The van der Waals surface area contributed by atoms with Crippen LogP contribution >= 0.6 is 0 Å². The van der Waals surface area contributed by atoms with Crippen LogP contribution in [0.3, 0.4) is 0 Å². The van der Waals surface area contributed by atoms with Gasteiger partial charge in [-0.05, 0) is 13.3 Å². The number of imidazole rings is 1. The third-order valence-electron chi connectivity index (χ3n) is 4.80. The van der Waals surface area contributed by atoms with E-state index in [1.165, 1.54) is 0 Å². The fourth-order valence-electron chi connectivity index (χ4n) is 2.94. The zero-order chi connectivity index (χ0) is 15.7. The van der Waals surface area contributed by atoms with Crippen molar-refractivity contribution >= 4 is 5.91 Å². The van der Waals surface area contributed by atoms with Crippen LogP contribution in [0.1, 0.15) is 52.4 Å². The molecule has 1 amide bonds. The van der Waals surface area contributed by atoms with Crippen LogP contribution in [0.2, 0.25) is 0 Å². The highest BCUT2D eigenvalue weighted by molar-refractivity contribution is 5.89. The number of amides is 1. The lowest BCUT2D eigenvalue weighted by atomic mass is 9.54. The van der Waals surface area contributed by atoms with Crippen LogP contribution in [0.5, 0.6) is 0 Å². The number of H-pyrrole nitrogens is 1. The molecule has 0 aliphatic heterocycles. The number of nitrogens with one attached hydrogen (secondary N) is 2. The fourth-order valence-corrected chi connectivity index (χ4v) is 2.94. The number of nitrogens with zero attached hydrogens (tertiary/aromatic N) is 1. The number of rotatable bonds is 6. The van der Waals surface area contributed by atoms with E-state index in [-0.39, 0.29) is 23.5 Å². The standard InChI is InChI=1S/C15H26N4O2/c1-5-10(12-17-7-8-18-12)19-13(20)15(16)9-11(21-6-2)14(15,3)4/h7-8,10-11H,5-6,9,16H2,1-4H3,(H,17,18)(H,19,20). The summed E-state index contributed by atoms with van der Waals surface area (Å²) >= 11 is 0. The second kappa shape index (κ2) is 5.77. The molecule has 1 saturated carbocycles. The Hall–Kier alpha value is -1.40. The molecule has 1 heterocycles. The van der Waals surface area contributed by atoms with Crippen LogP contribution in [0, 0.1) is 5.41 Å². The van der Waals surface area contributed by atoms with E-state index in [9.17, 15) is 4.79 Å². The predicted octanol–water partition coefficient (Wildman–Crippen LogP) is 1.51. The van der Waals surface area contributed by atoms with E-state index in [1.54, 1.807) is 12.4 Å². The summed E-state index contributed by atoms with van der Waals surface area (Å²) in [5.41, 5.74) is 5.10. The molecule has 0 bridgehead atoms. The lowest BCUT2D eigenvalue weighted by Crippen LogP contribution is -2.75. The predicted molar refractivity (Wildman–Crippen MR) is 80.5 cm³/mol. The van der Waals surface area contributed by atoms with Crippen molar-refractivity contribution in [2.75, 3.05) is 6.61 Å². The fraction of sp³-hybridized carbons (Fsp3) is 0.733. The number of aromatic nitrogens is 2. The quantitative estimate of drug-likeness (QED) is 0.741. The van der Waals surface area contributed by atoms with Crippen molar-refractivity contribution in [3.8, 4) is 0 Å². The van der Waals surface area contributed by atoms with Gasteiger partial charge in [-0.15, -0.1) is 0 Å². The lowest BCUT2D eigenvalue weighted by molar-refractivity contribution is -0.171. The van der Waals surface area contributed by atoms with Gasteiger partial charge < -0.3 is 20.8 Å². The van der Waals surface area contributed by atoms with Crippen molar-refractivity contribution in [3.05, 3.63) is 18.2 Å². The normalized spacial score (nSPS) is 28.7. The first-order valence-electron chi connectivity index (χ1n) is 7.57. The summed E-state index contributed by atoms with van der Waals surface area (Å²) in [6.45, 7) is 8.58. The Bertz CT molecular complexity index is 486. The molecule has 4 N–H and O–H groups in total. The van der Waals surface area contributed by atoms with Crippen LogP contribution in [-0.4, -0.2) is 34.1 Å². The minimum absolute atomic E-state index is 0.0296. The van der Waals surface area contributed by atoms with E-state index in [0.717, 1.165) is 12.2 Å². The molecule has 0 aromatic carbocycles. The van der Waals surface area contributed by atoms with Crippen LogP contribution in [0.15, 0.2) is 12.4 Å². The minimum atomic E-state index is -0.896. The Morgan fingerprint density at radius 2 is 2.33 bits per heavy atom. The van der Waals surface area contributed by atoms with Crippen molar-refractivity contribution in [1.82, 2.24) is 15.3 Å². The van der Waals surface area contributed by atoms with E-state index >= 15 is 0 Å². The van der Waals surface area contributed by atoms with Gasteiger partial charge in [-0.25, -0.2) is 4.98 Å². The van der Waals surface area contributed by atoms with E-state index in [0.29, 0.717) is 13.0 Å². The first-order valence-corrected chi connectivity index (χ1v) is 7.57. The maximum Gasteiger partial charge on any atom is 0.241 e. The monoisotopic (exact) mass is 294 g/mol. The molecule has 1 aliphatic carbocycles. The number of carbonyl (C=O) groups excluding carboxylic acids is 1. The third kappa shape index (κ3) is 2.58. The Morgan fingerprint density at radius 1 is 1.62 bits per heavy atom. The highest BCUT2D eigenvalue weighted by Gasteiger charge is 2.63. The summed E-state index contributed by atoms with van der Waals surface area (Å²) in [4.78, 5) is 19.9. The van der Waals surface area contributed by atoms with Gasteiger partial charge in [0, 0.05) is 30.8 Å². The van der Waals surface area contributed by atoms with Crippen LogP contribution in [0.4, 0.5) is 0 Å². The van der Waals surface area contributed by atoms with Crippen molar-refractivity contribution in [1.29, 1.82) is 0 Å². The summed E-state index contributed by atoms with van der Waals surface area (Å²) in [5, 5.41) is 3.02. The van der Waals surface area contributed by atoms with E-state index in [4.69, 9.17) is 10.5 Å². The zero-order valence-corrected chi connectivity index (χ0v) is 13.3. The van der Waals surface area contributed by atoms with Crippen LogP contribution < -0.4 is 11.1 Å². The number of aromatic amines is 1. The SMILES string of the molecule is CCOC1CC(N)(C(=O)NC(CC)c2ncc[nH]2)C1(C)C. The Morgan fingerprint density at radius 3 is 2.81 bits per heavy atom. The second-order valence-corrected chi connectivity index (χ2v) is 6.25. The second-order valence-electron chi connectivity index (χ2n) is 6.25. The Labute approximate surface area is 125 Å². The number of nitrogens with two attached hydrogens (primary N) is 1. The number of hydrogen-bond donors (Lipinski definition) is 3. The van der Waals surface area contributed by atoms with Crippen LogP contribution in [-0.2, 0) is 9.53 Å². The average molecular weight is 294 g/mol. The minimum Gasteiger partial charge on any atom is -0.378 e. The molecule has 6 nitrogen and oxygen atoms in total. The first-order chi connectivity index (χ1) is 9.86.